The number of aldehydes is 1. The van der Waals surface area contributed by atoms with Crippen LogP contribution in [0.2, 0.25) is 0 Å². The highest BCUT2D eigenvalue weighted by atomic mass is 16.4. The highest BCUT2D eigenvalue weighted by molar-refractivity contribution is 5.78. The fourth-order valence-corrected chi connectivity index (χ4v) is 1.72. The third-order valence-electron chi connectivity index (χ3n) is 2.49. The largest absolute Gasteiger partial charge is 0.481 e. The molecule has 0 atom stereocenters. The molecular weight excluding hydrogens is 144 g/mol. The lowest BCUT2D eigenvalue weighted by Gasteiger charge is -2.19. The van der Waals surface area contributed by atoms with Crippen molar-refractivity contribution in [1.82, 2.24) is 0 Å². The normalized spacial score (nSPS) is 21.5. The Kier molecular flexibility index (Phi) is 2.27. The van der Waals surface area contributed by atoms with E-state index in [2.05, 4.69) is 0 Å². The third kappa shape index (κ3) is 1.42. The number of hydrogen-bond donors (Lipinski definition) is 1. The molecule has 0 unspecified atom stereocenters. The number of carboxylic acids is 1. The molecule has 0 bridgehead atoms. The minimum Gasteiger partial charge on any atom is -0.481 e. The van der Waals surface area contributed by atoms with Crippen molar-refractivity contribution in [2.45, 2.75) is 32.1 Å². The Morgan fingerprint density at radius 1 is 1.45 bits per heavy atom. The van der Waals surface area contributed by atoms with Crippen molar-refractivity contribution in [2.75, 3.05) is 0 Å². The molecule has 0 spiro atoms. The summed E-state index contributed by atoms with van der Waals surface area (Å²) in [6, 6.07) is 0. The molecule has 1 saturated carbocycles. The van der Waals surface area contributed by atoms with E-state index in [4.69, 9.17) is 5.11 Å². The van der Waals surface area contributed by atoms with Gasteiger partial charge < -0.3 is 9.90 Å². The van der Waals surface area contributed by atoms with E-state index in [1.807, 2.05) is 0 Å². The first-order chi connectivity index (χ1) is 5.21. The van der Waals surface area contributed by atoms with Crippen molar-refractivity contribution in [3.05, 3.63) is 0 Å². The van der Waals surface area contributed by atoms with Crippen LogP contribution in [0.5, 0.6) is 0 Å². The Morgan fingerprint density at radius 3 is 2.36 bits per heavy atom. The van der Waals surface area contributed by atoms with E-state index >= 15 is 0 Å². The third-order valence-corrected chi connectivity index (χ3v) is 2.49. The first-order valence-corrected chi connectivity index (χ1v) is 3.88. The molecule has 11 heavy (non-hydrogen) atoms. The van der Waals surface area contributed by atoms with Crippen LogP contribution in [0.1, 0.15) is 32.1 Å². The van der Waals surface area contributed by atoms with E-state index < -0.39 is 11.4 Å². The van der Waals surface area contributed by atoms with Crippen molar-refractivity contribution in [1.29, 1.82) is 0 Å². The molecule has 0 heterocycles. The van der Waals surface area contributed by atoms with Gasteiger partial charge in [0.15, 0.2) is 0 Å². The Morgan fingerprint density at radius 2 is 2.00 bits per heavy atom. The predicted molar refractivity (Wildman–Crippen MR) is 39.2 cm³/mol. The van der Waals surface area contributed by atoms with E-state index in [1.165, 1.54) is 0 Å². The zero-order chi connectivity index (χ0) is 8.32. The second-order valence-electron chi connectivity index (χ2n) is 3.16. The monoisotopic (exact) mass is 156 g/mol. The van der Waals surface area contributed by atoms with Crippen LogP contribution in [0, 0.1) is 5.41 Å². The van der Waals surface area contributed by atoms with Crippen LogP contribution in [0.25, 0.3) is 0 Å². The molecule has 1 rings (SSSR count). The van der Waals surface area contributed by atoms with Crippen molar-refractivity contribution in [2.24, 2.45) is 5.41 Å². The molecule has 62 valence electrons. The molecule has 3 heteroatoms. The van der Waals surface area contributed by atoms with Gasteiger partial charge in [-0.25, -0.2) is 0 Å². The van der Waals surface area contributed by atoms with Gasteiger partial charge in [0.05, 0.1) is 5.41 Å². The topological polar surface area (TPSA) is 54.4 Å². The van der Waals surface area contributed by atoms with Crippen LogP contribution in [-0.2, 0) is 9.59 Å². The molecule has 0 aromatic carbocycles. The van der Waals surface area contributed by atoms with Crippen molar-refractivity contribution >= 4 is 12.3 Å². The SMILES string of the molecule is O=CCC1(C(=O)O)CCCC1. The Labute approximate surface area is 65.4 Å². The zero-order valence-corrected chi connectivity index (χ0v) is 6.38. The van der Waals surface area contributed by atoms with Crippen LogP contribution in [0.4, 0.5) is 0 Å². The summed E-state index contributed by atoms with van der Waals surface area (Å²) in [5, 5.41) is 8.84. The minimum atomic E-state index is -0.804. The summed E-state index contributed by atoms with van der Waals surface area (Å²) in [4.78, 5) is 21.0. The van der Waals surface area contributed by atoms with Gasteiger partial charge in [-0.2, -0.15) is 0 Å². The standard InChI is InChI=1S/C8H12O3/c9-6-5-8(7(10)11)3-1-2-4-8/h6H,1-5H2,(H,10,11). The maximum atomic E-state index is 10.8. The first-order valence-electron chi connectivity index (χ1n) is 3.88. The van der Waals surface area contributed by atoms with Gasteiger partial charge in [-0.1, -0.05) is 12.8 Å². The summed E-state index contributed by atoms with van der Waals surface area (Å²) in [6.45, 7) is 0. The average molecular weight is 156 g/mol. The van der Waals surface area contributed by atoms with Gasteiger partial charge in [0, 0.05) is 6.42 Å². The summed E-state index contributed by atoms with van der Waals surface area (Å²) in [6.07, 6.45) is 4.13. The van der Waals surface area contributed by atoms with Gasteiger partial charge in [0.2, 0.25) is 0 Å². The molecule has 0 aromatic heterocycles. The van der Waals surface area contributed by atoms with E-state index in [0.717, 1.165) is 19.1 Å². The molecule has 0 aliphatic heterocycles. The lowest BCUT2D eigenvalue weighted by Crippen LogP contribution is -2.27. The number of carbonyl (C=O) groups is 2. The highest BCUT2D eigenvalue weighted by Crippen LogP contribution is 2.40. The summed E-state index contributed by atoms with van der Waals surface area (Å²) in [7, 11) is 0. The van der Waals surface area contributed by atoms with E-state index in [1.54, 1.807) is 0 Å². The first kappa shape index (κ1) is 8.24. The Bertz CT molecular complexity index is 168. The molecule has 1 aliphatic rings. The number of aliphatic carboxylic acids is 1. The van der Waals surface area contributed by atoms with Crippen LogP contribution in [0.15, 0.2) is 0 Å². The summed E-state index contributed by atoms with van der Waals surface area (Å²) < 4.78 is 0. The summed E-state index contributed by atoms with van der Waals surface area (Å²) in [5.41, 5.74) is -0.707. The van der Waals surface area contributed by atoms with Gasteiger partial charge in [-0.3, -0.25) is 4.79 Å². The molecular formula is C8H12O3. The van der Waals surface area contributed by atoms with Gasteiger partial charge >= 0.3 is 5.97 Å². The van der Waals surface area contributed by atoms with Crippen LogP contribution >= 0.6 is 0 Å². The molecule has 1 fully saturated rings. The van der Waals surface area contributed by atoms with Crippen molar-refractivity contribution < 1.29 is 14.7 Å². The molecule has 0 amide bonds. The molecule has 3 nitrogen and oxygen atoms in total. The molecule has 0 saturated heterocycles. The molecule has 0 radical (unpaired) electrons. The van der Waals surface area contributed by atoms with E-state index in [0.29, 0.717) is 12.8 Å². The maximum Gasteiger partial charge on any atom is 0.310 e. The fraction of sp³-hybridized carbons (Fsp3) is 0.750. The second kappa shape index (κ2) is 3.03. The average Bonchev–Trinajstić information content (AvgIpc) is 2.38. The zero-order valence-electron chi connectivity index (χ0n) is 6.38. The molecule has 1 aliphatic carbocycles. The number of carbonyl (C=O) groups excluding carboxylic acids is 1. The summed E-state index contributed by atoms with van der Waals surface area (Å²) in [5.74, 6) is -0.804. The van der Waals surface area contributed by atoms with Gasteiger partial charge in [-0.15, -0.1) is 0 Å². The predicted octanol–water partition coefficient (Wildman–Crippen LogP) is 1.22. The van der Waals surface area contributed by atoms with Crippen LogP contribution < -0.4 is 0 Å². The van der Waals surface area contributed by atoms with E-state index in [-0.39, 0.29) is 6.42 Å². The van der Waals surface area contributed by atoms with Gasteiger partial charge in [0.1, 0.15) is 6.29 Å². The lowest BCUT2D eigenvalue weighted by atomic mass is 9.83. The quantitative estimate of drug-likeness (QED) is 0.625. The second-order valence-corrected chi connectivity index (χ2v) is 3.16. The van der Waals surface area contributed by atoms with Crippen LogP contribution in [0.3, 0.4) is 0 Å². The number of hydrogen-bond acceptors (Lipinski definition) is 2. The number of rotatable bonds is 3. The minimum absolute atomic E-state index is 0.183. The Hall–Kier alpha value is -0.860. The molecule has 0 aromatic rings. The van der Waals surface area contributed by atoms with Gasteiger partial charge in [-0.05, 0) is 12.8 Å². The Balaban J connectivity index is 2.69. The highest BCUT2D eigenvalue weighted by Gasteiger charge is 2.40. The van der Waals surface area contributed by atoms with Crippen molar-refractivity contribution in [3.63, 3.8) is 0 Å². The molecule has 1 N–H and O–H groups in total. The lowest BCUT2D eigenvalue weighted by molar-refractivity contribution is -0.150. The summed E-state index contributed by atoms with van der Waals surface area (Å²) >= 11 is 0. The van der Waals surface area contributed by atoms with Crippen molar-refractivity contribution in [3.8, 4) is 0 Å². The van der Waals surface area contributed by atoms with Gasteiger partial charge in [0.25, 0.3) is 0 Å². The maximum absolute atomic E-state index is 10.8. The number of carboxylic acid groups (broad SMARTS) is 1. The van der Waals surface area contributed by atoms with Crippen LogP contribution in [-0.4, -0.2) is 17.4 Å². The van der Waals surface area contributed by atoms with E-state index in [9.17, 15) is 9.59 Å². The smallest absolute Gasteiger partial charge is 0.310 e. The fourth-order valence-electron chi connectivity index (χ4n) is 1.72.